The smallest absolute Gasteiger partial charge is 0.241 e. The van der Waals surface area contributed by atoms with Crippen molar-refractivity contribution in [2.24, 2.45) is 4.99 Å². The Bertz CT molecular complexity index is 576. The maximum Gasteiger partial charge on any atom is 0.241 e. The van der Waals surface area contributed by atoms with Gasteiger partial charge in [-0.05, 0) is 31.9 Å². The van der Waals surface area contributed by atoms with E-state index >= 15 is 0 Å². The van der Waals surface area contributed by atoms with Crippen molar-refractivity contribution < 1.29 is 9.53 Å². The molecule has 0 spiro atoms. The molecule has 0 aliphatic carbocycles. The third-order valence-electron chi connectivity index (χ3n) is 3.75. The number of carbonyl (C=O) groups is 1. The molecular formula is C18H31IN4O2. The fourth-order valence-corrected chi connectivity index (χ4v) is 1.95. The molecule has 0 radical (unpaired) electrons. The Kier molecular flexibility index (Phi) is 11.2. The third-order valence-corrected chi connectivity index (χ3v) is 3.75. The van der Waals surface area contributed by atoms with Crippen LogP contribution in [0.2, 0.25) is 0 Å². The number of guanidine groups is 1. The van der Waals surface area contributed by atoms with Crippen molar-refractivity contribution in [3.05, 3.63) is 29.3 Å². The number of nitrogens with one attached hydrogen (secondary N) is 2. The van der Waals surface area contributed by atoms with Gasteiger partial charge in [-0.25, -0.2) is 4.99 Å². The highest BCUT2D eigenvalue weighted by molar-refractivity contribution is 14.0. The number of benzene rings is 1. The first-order valence-electron chi connectivity index (χ1n) is 8.25. The minimum Gasteiger partial charge on any atom is -0.496 e. The summed E-state index contributed by atoms with van der Waals surface area (Å²) < 4.78 is 5.42. The van der Waals surface area contributed by atoms with E-state index in [1.54, 1.807) is 26.1 Å². The number of ether oxygens (including phenoxy) is 1. The van der Waals surface area contributed by atoms with Gasteiger partial charge in [0.1, 0.15) is 5.75 Å². The lowest BCUT2D eigenvalue weighted by Gasteiger charge is -2.18. The first kappa shape index (κ1) is 23.5. The van der Waals surface area contributed by atoms with E-state index in [-0.39, 0.29) is 42.5 Å². The number of methoxy groups -OCH3 is 1. The van der Waals surface area contributed by atoms with Crippen LogP contribution < -0.4 is 15.4 Å². The van der Waals surface area contributed by atoms with Gasteiger partial charge in [0.15, 0.2) is 5.96 Å². The molecule has 1 amide bonds. The van der Waals surface area contributed by atoms with E-state index in [0.29, 0.717) is 12.5 Å². The summed E-state index contributed by atoms with van der Waals surface area (Å²) in [5, 5.41) is 6.40. The molecule has 0 aliphatic rings. The molecule has 1 unspecified atom stereocenters. The first-order chi connectivity index (χ1) is 11.4. The van der Waals surface area contributed by atoms with Crippen molar-refractivity contribution in [3.8, 4) is 5.75 Å². The molecule has 142 valence electrons. The second-order valence-corrected chi connectivity index (χ2v) is 6.08. The highest BCUT2D eigenvalue weighted by Crippen LogP contribution is 2.20. The Hall–Kier alpha value is -1.51. The van der Waals surface area contributed by atoms with Crippen LogP contribution in [-0.4, -0.2) is 50.6 Å². The zero-order chi connectivity index (χ0) is 18.1. The number of hydrogen-bond donors (Lipinski definition) is 2. The van der Waals surface area contributed by atoms with Crippen molar-refractivity contribution in [2.75, 3.05) is 27.7 Å². The molecule has 6 nitrogen and oxygen atoms in total. The van der Waals surface area contributed by atoms with E-state index in [9.17, 15) is 4.79 Å². The molecule has 2 N–H and O–H groups in total. The van der Waals surface area contributed by atoms with Gasteiger partial charge < -0.3 is 20.3 Å². The zero-order valence-corrected chi connectivity index (χ0v) is 18.4. The topological polar surface area (TPSA) is 66.0 Å². The van der Waals surface area contributed by atoms with E-state index in [1.807, 2.05) is 25.1 Å². The molecule has 1 aromatic carbocycles. The Balaban J connectivity index is 0.00000576. The molecule has 0 saturated carbocycles. The van der Waals surface area contributed by atoms with E-state index in [1.165, 1.54) is 0 Å². The van der Waals surface area contributed by atoms with Crippen molar-refractivity contribution >= 4 is 35.8 Å². The Labute approximate surface area is 168 Å². The summed E-state index contributed by atoms with van der Waals surface area (Å²) >= 11 is 0. The zero-order valence-electron chi connectivity index (χ0n) is 16.0. The molecule has 0 saturated heterocycles. The maximum atomic E-state index is 11.8. The van der Waals surface area contributed by atoms with Crippen molar-refractivity contribution in [3.63, 3.8) is 0 Å². The Morgan fingerprint density at radius 3 is 2.60 bits per heavy atom. The normalized spacial score (nSPS) is 12.0. The number of rotatable bonds is 7. The average Bonchev–Trinajstić information content (AvgIpc) is 2.57. The van der Waals surface area contributed by atoms with Gasteiger partial charge in [0, 0.05) is 25.7 Å². The number of aliphatic imine (C=N–C) groups is 1. The van der Waals surface area contributed by atoms with Gasteiger partial charge in [0.05, 0.1) is 20.2 Å². The van der Waals surface area contributed by atoms with Crippen LogP contribution in [0.5, 0.6) is 5.75 Å². The molecule has 0 bridgehead atoms. The average molecular weight is 462 g/mol. The Morgan fingerprint density at radius 1 is 1.36 bits per heavy atom. The van der Waals surface area contributed by atoms with Gasteiger partial charge in [0.25, 0.3) is 0 Å². The lowest BCUT2D eigenvalue weighted by Crippen LogP contribution is -2.45. The minimum atomic E-state index is 0. The van der Waals surface area contributed by atoms with E-state index in [0.717, 1.165) is 23.3 Å². The number of carbonyl (C=O) groups excluding carboxylic acids is 1. The van der Waals surface area contributed by atoms with E-state index in [2.05, 4.69) is 29.5 Å². The molecule has 0 heterocycles. The summed E-state index contributed by atoms with van der Waals surface area (Å²) in [5.74, 6) is 1.45. The van der Waals surface area contributed by atoms with Gasteiger partial charge in [-0.1, -0.05) is 19.1 Å². The number of hydrogen-bond acceptors (Lipinski definition) is 3. The maximum absolute atomic E-state index is 11.8. The summed E-state index contributed by atoms with van der Waals surface area (Å²) in [6.45, 7) is 6.90. The monoisotopic (exact) mass is 462 g/mol. The molecule has 1 rings (SSSR count). The Morgan fingerprint density at radius 2 is 2.04 bits per heavy atom. The fourth-order valence-electron chi connectivity index (χ4n) is 1.95. The lowest BCUT2D eigenvalue weighted by molar-refractivity contribution is -0.127. The molecule has 1 atom stereocenters. The number of halogens is 1. The highest BCUT2D eigenvalue weighted by atomic mass is 127. The van der Waals surface area contributed by atoms with Crippen molar-refractivity contribution in [1.29, 1.82) is 0 Å². The summed E-state index contributed by atoms with van der Waals surface area (Å²) in [6, 6.07) is 6.32. The number of aryl methyl sites for hydroxylation is 1. The lowest BCUT2D eigenvalue weighted by atomic mass is 10.1. The molecule has 0 fully saturated rings. The predicted octanol–water partition coefficient (Wildman–Crippen LogP) is 2.54. The number of nitrogens with zero attached hydrogens (tertiary/aromatic N) is 2. The molecular weight excluding hydrogens is 431 g/mol. The van der Waals surface area contributed by atoms with E-state index < -0.39 is 0 Å². The summed E-state index contributed by atoms with van der Waals surface area (Å²) in [7, 11) is 5.13. The van der Waals surface area contributed by atoms with Crippen molar-refractivity contribution in [2.45, 2.75) is 39.8 Å². The highest BCUT2D eigenvalue weighted by Gasteiger charge is 2.09. The summed E-state index contributed by atoms with van der Waals surface area (Å²) in [6.07, 6.45) is 0.968. The van der Waals surface area contributed by atoms with Crippen LogP contribution in [0.15, 0.2) is 23.2 Å². The minimum absolute atomic E-state index is 0. The largest absolute Gasteiger partial charge is 0.496 e. The second-order valence-electron chi connectivity index (χ2n) is 6.08. The van der Waals surface area contributed by atoms with Gasteiger partial charge in [-0.2, -0.15) is 0 Å². The van der Waals surface area contributed by atoms with Crippen LogP contribution in [0.25, 0.3) is 0 Å². The van der Waals surface area contributed by atoms with Crippen molar-refractivity contribution in [1.82, 2.24) is 15.5 Å². The molecule has 0 aromatic heterocycles. The summed E-state index contributed by atoms with van der Waals surface area (Å²) in [5.41, 5.74) is 2.15. The first-order valence-corrected chi connectivity index (χ1v) is 8.25. The fraction of sp³-hybridized carbons (Fsp3) is 0.556. The van der Waals surface area contributed by atoms with Crippen LogP contribution in [-0.2, 0) is 11.3 Å². The molecule has 7 heteroatoms. The quantitative estimate of drug-likeness (QED) is 0.372. The van der Waals surface area contributed by atoms with Gasteiger partial charge in [-0.3, -0.25) is 4.79 Å². The second kappa shape index (κ2) is 11.9. The molecule has 25 heavy (non-hydrogen) atoms. The van der Waals surface area contributed by atoms with Gasteiger partial charge in [-0.15, -0.1) is 24.0 Å². The molecule has 1 aromatic rings. The van der Waals surface area contributed by atoms with Crippen LogP contribution in [0.4, 0.5) is 0 Å². The number of amides is 1. The molecule has 0 aliphatic heterocycles. The SMILES string of the molecule is CCC(C)NC(=NCc1ccc(C)cc1OC)NCC(=O)N(C)C.I. The van der Waals surface area contributed by atoms with Gasteiger partial charge in [0.2, 0.25) is 5.91 Å². The number of likely N-dealkylation sites (N-methyl/N-ethyl adjacent to an activating group) is 1. The van der Waals surface area contributed by atoms with Crippen LogP contribution >= 0.6 is 24.0 Å². The predicted molar refractivity (Wildman–Crippen MR) is 114 cm³/mol. The third kappa shape index (κ3) is 8.42. The van der Waals surface area contributed by atoms with E-state index in [4.69, 9.17) is 4.74 Å². The van der Waals surface area contributed by atoms with Crippen LogP contribution in [0, 0.1) is 6.92 Å². The van der Waals surface area contributed by atoms with Crippen LogP contribution in [0.3, 0.4) is 0 Å². The van der Waals surface area contributed by atoms with Gasteiger partial charge >= 0.3 is 0 Å². The van der Waals surface area contributed by atoms with Crippen LogP contribution in [0.1, 0.15) is 31.4 Å². The standard InChI is InChI=1S/C18H30N4O2.HI/c1-7-14(3)21-18(20-12-17(23)22(4)5)19-11-15-9-8-13(2)10-16(15)24-6;/h8-10,14H,7,11-12H2,1-6H3,(H2,19,20,21);1H. The summed E-state index contributed by atoms with van der Waals surface area (Å²) in [4.78, 5) is 17.9.